The van der Waals surface area contributed by atoms with E-state index in [1.54, 1.807) is 12.1 Å². The van der Waals surface area contributed by atoms with E-state index in [1.807, 2.05) is 43.3 Å². The Morgan fingerprint density at radius 3 is 2.45 bits per heavy atom. The van der Waals surface area contributed by atoms with Crippen LogP contribution in [0.4, 0.5) is 0 Å². The molecule has 0 aliphatic carbocycles. The molecule has 1 aromatic heterocycles. The lowest BCUT2D eigenvalue weighted by Crippen LogP contribution is -2.11. The summed E-state index contributed by atoms with van der Waals surface area (Å²) < 4.78 is 5.88. The van der Waals surface area contributed by atoms with Gasteiger partial charge in [-0.2, -0.15) is 5.26 Å². The van der Waals surface area contributed by atoms with Gasteiger partial charge in [-0.25, -0.2) is 0 Å². The molecule has 20 heavy (non-hydrogen) atoms. The fraction of sp³-hybridized carbons (Fsp3) is 0.118. The number of nitriles is 1. The molecule has 3 heteroatoms. The van der Waals surface area contributed by atoms with Gasteiger partial charge in [0.2, 0.25) is 0 Å². The lowest BCUT2D eigenvalue weighted by Gasteiger charge is -2.10. The van der Waals surface area contributed by atoms with Crippen LogP contribution in [0, 0.1) is 18.3 Å². The molecule has 0 radical (unpaired) electrons. The van der Waals surface area contributed by atoms with Crippen molar-refractivity contribution in [1.82, 2.24) is 0 Å². The van der Waals surface area contributed by atoms with Gasteiger partial charge in [-0.05, 0) is 30.7 Å². The first-order valence-corrected chi connectivity index (χ1v) is 6.44. The minimum absolute atomic E-state index is 0.324. The zero-order chi connectivity index (χ0) is 14.1. The highest BCUT2D eigenvalue weighted by Crippen LogP contribution is 2.31. The van der Waals surface area contributed by atoms with Crippen molar-refractivity contribution in [1.29, 1.82) is 5.26 Å². The van der Waals surface area contributed by atoms with Crippen LogP contribution >= 0.6 is 0 Å². The fourth-order valence-electron chi connectivity index (χ4n) is 2.41. The van der Waals surface area contributed by atoms with E-state index >= 15 is 0 Å². The maximum atomic E-state index is 8.82. The highest BCUT2D eigenvalue weighted by molar-refractivity contribution is 5.82. The molecule has 1 heterocycles. The molecule has 0 aliphatic heterocycles. The molecule has 0 saturated carbocycles. The maximum Gasteiger partial charge on any atom is 0.134 e. The molecule has 0 spiro atoms. The monoisotopic (exact) mass is 262 g/mol. The first-order chi connectivity index (χ1) is 9.70. The summed E-state index contributed by atoms with van der Waals surface area (Å²) in [5.41, 5.74) is 9.78. The van der Waals surface area contributed by atoms with Gasteiger partial charge in [-0.15, -0.1) is 0 Å². The number of aryl methyl sites for hydroxylation is 1. The summed E-state index contributed by atoms with van der Waals surface area (Å²) in [5.74, 6) is 0.774. The molecule has 0 bridgehead atoms. The van der Waals surface area contributed by atoms with E-state index < -0.39 is 0 Å². The second-order valence-corrected chi connectivity index (χ2v) is 4.80. The number of rotatable bonds is 2. The van der Waals surface area contributed by atoms with E-state index in [1.165, 1.54) is 0 Å². The second kappa shape index (κ2) is 4.84. The number of nitrogens with zero attached hydrogens (tertiary/aromatic N) is 1. The van der Waals surface area contributed by atoms with Crippen LogP contribution in [0.5, 0.6) is 0 Å². The van der Waals surface area contributed by atoms with Crippen LogP contribution in [0.1, 0.15) is 28.5 Å². The second-order valence-electron chi connectivity index (χ2n) is 4.80. The molecule has 98 valence electrons. The van der Waals surface area contributed by atoms with Crippen molar-refractivity contribution in [2.24, 2.45) is 5.73 Å². The van der Waals surface area contributed by atoms with Crippen LogP contribution < -0.4 is 5.73 Å². The molecule has 0 saturated heterocycles. The number of nitrogens with two attached hydrogens (primary N) is 1. The van der Waals surface area contributed by atoms with E-state index in [4.69, 9.17) is 15.4 Å². The van der Waals surface area contributed by atoms with Gasteiger partial charge in [0, 0.05) is 10.9 Å². The Hall–Kier alpha value is -2.57. The first kappa shape index (κ1) is 12.5. The summed E-state index contributed by atoms with van der Waals surface area (Å²) in [6.07, 6.45) is 0. The van der Waals surface area contributed by atoms with Crippen molar-refractivity contribution in [2.45, 2.75) is 13.0 Å². The van der Waals surface area contributed by atoms with Crippen LogP contribution in [0.15, 0.2) is 52.9 Å². The number of hydrogen-bond donors (Lipinski definition) is 1. The van der Waals surface area contributed by atoms with E-state index in [0.717, 1.165) is 27.9 Å². The quantitative estimate of drug-likeness (QED) is 0.766. The van der Waals surface area contributed by atoms with Crippen LogP contribution in [-0.2, 0) is 0 Å². The lowest BCUT2D eigenvalue weighted by molar-refractivity contribution is 0.521. The Morgan fingerprint density at radius 2 is 1.80 bits per heavy atom. The normalized spacial score (nSPS) is 12.2. The van der Waals surface area contributed by atoms with Gasteiger partial charge in [0.05, 0.1) is 17.7 Å². The standard InChI is InChI=1S/C17H14N2O/c1-11-14-4-2-3-5-15(14)20-17(11)16(19)13-8-6-12(10-18)7-9-13/h2-9,16H,19H2,1H3. The van der Waals surface area contributed by atoms with E-state index in [2.05, 4.69) is 6.07 Å². The van der Waals surface area contributed by atoms with Crippen LogP contribution in [0.3, 0.4) is 0 Å². The smallest absolute Gasteiger partial charge is 0.134 e. The van der Waals surface area contributed by atoms with E-state index in [9.17, 15) is 0 Å². The van der Waals surface area contributed by atoms with Gasteiger partial charge in [0.15, 0.2) is 0 Å². The molecule has 3 aromatic rings. The molecular weight excluding hydrogens is 248 g/mol. The van der Waals surface area contributed by atoms with Crippen molar-refractivity contribution < 1.29 is 4.42 Å². The molecule has 1 atom stereocenters. The lowest BCUT2D eigenvalue weighted by atomic mass is 10.0. The highest BCUT2D eigenvalue weighted by atomic mass is 16.3. The molecular formula is C17H14N2O. The number of furan rings is 1. The van der Waals surface area contributed by atoms with Gasteiger partial charge in [-0.1, -0.05) is 30.3 Å². The van der Waals surface area contributed by atoms with Gasteiger partial charge >= 0.3 is 0 Å². The number of benzene rings is 2. The van der Waals surface area contributed by atoms with Crippen molar-refractivity contribution in [3.05, 3.63) is 71.0 Å². The molecule has 3 nitrogen and oxygen atoms in total. The summed E-state index contributed by atoms with van der Waals surface area (Å²) in [5, 5.41) is 9.91. The Bertz CT molecular complexity index is 794. The Balaban J connectivity index is 2.05. The van der Waals surface area contributed by atoms with Gasteiger partial charge < -0.3 is 10.2 Å². The third kappa shape index (κ3) is 1.97. The Kier molecular flexibility index (Phi) is 3.02. The third-order valence-electron chi connectivity index (χ3n) is 3.56. The molecule has 2 aromatic carbocycles. The largest absolute Gasteiger partial charge is 0.459 e. The van der Waals surface area contributed by atoms with Gasteiger partial charge in [-0.3, -0.25) is 0 Å². The molecule has 1 unspecified atom stereocenters. The average molecular weight is 262 g/mol. The summed E-state index contributed by atoms with van der Waals surface area (Å²) in [6.45, 7) is 2.02. The predicted molar refractivity (Wildman–Crippen MR) is 78.1 cm³/mol. The number of fused-ring (bicyclic) bond motifs is 1. The average Bonchev–Trinajstić information content (AvgIpc) is 2.84. The molecule has 0 fully saturated rings. The van der Waals surface area contributed by atoms with Crippen LogP contribution in [-0.4, -0.2) is 0 Å². The van der Waals surface area contributed by atoms with Crippen molar-refractivity contribution in [2.75, 3.05) is 0 Å². The molecule has 3 rings (SSSR count). The molecule has 2 N–H and O–H groups in total. The van der Waals surface area contributed by atoms with Crippen molar-refractivity contribution >= 4 is 11.0 Å². The minimum Gasteiger partial charge on any atom is -0.459 e. The van der Waals surface area contributed by atoms with E-state index in [0.29, 0.717) is 5.56 Å². The SMILES string of the molecule is Cc1c(C(N)c2ccc(C#N)cc2)oc2ccccc12. The predicted octanol–water partition coefficient (Wildman–Crippen LogP) is 3.66. The summed E-state index contributed by atoms with van der Waals surface area (Å²) in [7, 11) is 0. The van der Waals surface area contributed by atoms with Crippen molar-refractivity contribution in [3.8, 4) is 6.07 Å². The van der Waals surface area contributed by atoms with Gasteiger partial charge in [0.1, 0.15) is 11.3 Å². The van der Waals surface area contributed by atoms with Crippen LogP contribution in [0.25, 0.3) is 11.0 Å². The minimum atomic E-state index is -0.324. The Morgan fingerprint density at radius 1 is 1.10 bits per heavy atom. The van der Waals surface area contributed by atoms with Gasteiger partial charge in [0.25, 0.3) is 0 Å². The first-order valence-electron chi connectivity index (χ1n) is 6.44. The zero-order valence-electron chi connectivity index (χ0n) is 11.1. The van der Waals surface area contributed by atoms with Crippen molar-refractivity contribution in [3.63, 3.8) is 0 Å². The fourth-order valence-corrected chi connectivity index (χ4v) is 2.41. The maximum absolute atomic E-state index is 8.82. The summed E-state index contributed by atoms with van der Waals surface area (Å²) >= 11 is 0. The topological polar surface area (TPSA) is 63.0 Å². The summed E-state index contributed by atoms with van der Waals surface area (Å²) in [4.78, 5) is 0. The number of para-hydroxylation sites is 1. The highest BCUT2D eigenvalue weighted by Gasteiger charge is 2.18. The third-order valence-corrected chi connectivity index (χ3v) is 3.56. The zero-order valence-corrected chi connectivity index (χ0v) is 11.1. The Labute approximate surface area is 117 Å². The molecule has 0 aliphatic rings. The molecule has 0 amide bonds. The van der Waals surface area contributed by atoms with Crippen LogP contribution in [0.2, 0.25) is 0 Å². The number of hydrogen-bond acceptors (Lipinski definition) is 3. The summed E-state index contributed by atoms with van der Waals surface area (Å²) in [6, 6.07) is 17.0. The van der Waals surface area contributed by atoms with E-state index in [-0.39, 0.29) is 6.04 Å².